The van der Waals surface area contributed by atoms with Crippen LogP contribution in [0.3, 0.4) is 0 Å². The molecule has 0 aliphatic carbocycles. The minimum absolute atomic E-state index is 0.216. The van der Waals surface area contributed by atoms with Gasteiger partial charge in [0.2, 0.25) is 5.91 Å². The van der Waals surface area contributed by atoms with Gasteiger partial charge in [0.15, 0.2) is 0 Å². The Hall–Kier alpha value is -2.47. The predicted molar refractivity (Wildman–Crippen MR) is 80.9 cm³/mol. The van der Waals surface area contributed by atoms with Crippen LogP contribution in [0, 0.1) is 0 Å². The van der Waals surface area contributed by atoms with E-state index < -0.39 is 5.97 Å². The Morgan fingerprint density at radius 3 is 2.48 bits per heavy atom. The minimum atomic E-state index is -1.25. The lowest BCUT2D eigenvalue weighted by molar-refractivity contribution is -0.113. The Morgan fingerprint density at radius 2 is 1.81 bits per heavy atom. The monoisotopic (exact) mass is 303 g/mol. The molecule has 0 saturated heterocycles. The van der Waals surface area contributed by atoms with E-state index in [0.29, 0.717) is 5.69 Å². The zero-order valence-electron chi connectivity index (χ0n) is 10.9. The number of benzene rings is 2. The van der Waals surface area contributed by atoms with Crippen molar-refractivity contribution in [2.24, 2.45) is 0 Å². The van der Waals surface area contributed by atoms with Crippen LogP contribution in [-0.4, -0.2) is 27.8 Å². The summed E-state index contributed by atoms with van der Waals surface area (Å²) in [5.74, 6) is -1.61. The molecule has 0 aromatic heterocycles. The van der Waals surface area contributed by atoms with E-state index >= 15 is 0 Å². The first-order valence-electron chi connectivity index (χ1n) is 6.10. The number of carboxylic acid groups (broad SMARTS) is 1. The number of nitrogens with one attached hydrogen (secondary N) is 1. The molecular weight excluding hydrogens is 290 g/mol. The number of thioether (sulfide) groups is 1. The average molecular weight is 303 g/mol. The zero-order chi connectivity index (χ0) is 15.2. The summed E-state index contributed by atoms with van der Waals surface area (Å²) in [5, 5.41) is 20.9. The third-order valence-corrected chi connectivity index (χ3v) is 3.64. The fraction of sp³-hybridized carbons (Fsp3) is 0.0667. The van der Waals surface area contributed by atoms with Crippen LogP contribution < -0.4 is 5.32 Å². The van der Waals surface area contributed by atoms with Crippen molar-refractivity contribution in [2.45, 2.75) is 4.90 Å². The number of hydrogen-bond acceptors (Lipinski definition) is 4. The lowest BCUT2D eigenvalue weighted by Crippen LogP contribution is -2.14. The molecule has 2 aromatic rings. The van der Waals surface area contributed by atoms with Gasteiger partial charge in [0, 0.05) is 10.6 Å². The molecule has 2 rings (SSSR count). The largest absolute Gasteiger partial charge is 0.507 e. The third kappa shape index (κ3) is 4.25. The summed E-state index contributed by atoms with van der Waals surface area (Å²) in [6.45, 7) is 0. The van der Waals surface area contributed by atoms with Gasteiger partial charge in [-0.25, -0.2) is 4.79 Å². The van der Waals surface area contributed by atoms with Crippen LogP contribution in [-0.2, 0) is 4.79 Å². The topological polar surface area (TPSA) is 86.6 Å². The highest BCUT2D eigenvalue weighted by atomic mass is 32.2. The summed E-state index contributed by atoms with van der Waals surface area (Å²) >= 11 is 1.38. The maximum atomic E-state index is 11.8. The molecule has 0 atom stereocenters. The predicted octanol–water partition coefficient (Wildman–Crippen LogP) is 2.82. The maximum absolute atomic E-state index is 11.8. The van der Waals surface area contributed by atoms with Gasteiger partial charge in [-0.05, 0) is 30.3 Å². The molecule has 0 heterocycles. The summed E-state index contributed by atoms with van der Waals surface area (Å²) in [7, 11) is 0. The number of carboxylic acids is 1. The van der Waals surface area contributed by atoms with Crippen LogP contribution in [0.4, 0.5) is 5.69 Å². The Kier molecular flexibility index (Phi) is 4.84. The highest BCUT2D eigenvalue weighted by Crippen LogP contribution is 2.22. The number of amides is 1. The number of carbonyl (C=O) groups is 2. The van der Waals surface area contributed by atoms with Crippen molar-refractivity contribution in [2.75, 3.05) is 11.1 Å². The summed E-state index contributed by atoms with van der Waals surface area (Å²) < 4.78 is 0. The second-order valence-electron chi connectivity index (χ2n) is 4.19. The first-order valence-corrected chi connectivity index (χ1v) is 7.09. The number of rotatable bonds is 5. The van der Waals surface area contributed by atoms with Gasteiger partial charge in [-0.2, -0.15) is 0 Å². The molecule has 0 bridgehead atoms. The second-order valence-corrected chi connectivity index (χ2v) is 5.24. The molecule has 2 aromatic carbocycles. The molecular formula is C15H13NO4S. The van der Waals surface area contributed by atoms with Crippen molar-refractivity contribution in [1.82, 2.24) is 0 Å². The van der Waals surface area contributed by atoms with E-state index in [-0.39, 0.29) is 23.0 Å². The molecule has 3 N–H and O–H groups in total. The highest BCUT2D eigenvalue weighted by Gasteiger charge is 2.11. The van der Waals surface area contributed by atoms with Crippen LogP contribution in [0.5, 0.6) is 5.75 Å². The number of aromatic carboxylic acids is 1. The van der Waals surface area contributed by atoms with Gasteiger partial charge in [0.05, 0.1) is 5.75 Å². The van der Waals surface area contributed by atoms with E-state index in [0.717, 1.165) is 4.90 Å². The molecule has 0 spiro atoms. The summed E-state index contributed by atoms with van der Waals surface area (Å²) in [6.07, 6.45) is 0. The molecule has 0 radical (unpaired) electrons. The van der Waals surface area contributed by atoms with Crippen LogP contribution in [0.2, 0.25) is 0 Å². The number of aromatic hydroxyl groups is 1. The molecule has 108 valence electrons. The molecule has 0 aliphatic heterocycles. The Labute approximate surface area is 125 Å². The standard InChI is InChI=1S/C15H13NO4S/c17-13-7-6-10(8-12(13)15(19)20)16-14(18)9-21-11-4-2-1-3-5-11/h1-8,17H,9H2,(H,16,18)(H,19,20). The van der Waals surface area contributed by atoms with Crippen LogP contribution >= 0.6 is 11.8 Å². The van der Waals surface area contributed by atoms with Crippen LogP contribution in [0.1, 0.15) is 10.4 Å². The van der Waals surface area contributed by atoms with Gasteiger partial charge >= 0.3 is 5.97 Å². The van der Waals surface area contributed by atoms with Gasteiger partial charge in [0.25, 0.3) is 0 Å². The Morgan fingerprint density at radius 1 is 1.10 bits per heavy atom. The molecule has 0 saturated carbocycles. The first-order chi connectivity index (χ1) is 10.1. The van der Waals surface area contributed by atoms with Crippen LogP contribution in [0.15, 0.2) is 53.4 Å². The molecule has 21 heavy (non-hydrogen) atoms. The number of phenols is 1. The van der Waals surface area contributed by atoms with E-state index in [2.05, 4.69) is 5.32 Å². The van der Waals surface area contributed by atoms with E-state index in [4.69, 9.17) is 5.11 Å². The fourth-order valence-electron chi connectivity index (χ4n) is 1.65. The lowest BCUT2D eigenvalue weighted by atomic mass is 10.2. The second kappa shape index (κ2) is 6.81. The van der Waals surface area contributed by atoms with E-state index in [1.54, 1.807) is 0 Å². The zero-order valence-corrected chi connectivity index (χ0v) is 11.8. The van der Waals surface area contributed by atoms with E-state index in [9.17, 15) is 14.7 Å². The fourth-order valence-corrected chi connectivity index (χ4v) is 2.37. The number of hydrogen-bond donors (Lipinski definition) is 3. The number of anilines is 1. The third-order valence-electron chi connectivity index (χ3n) is 2.62. The van der Waals surface area contributed by atoms with Gasteiger partial charge in [-0.3, -0.25) is 4.79 Å². The van der Waals surface area contributed by atoms with Gasteiger partial charge in [0.1, 0.15) is 11.3 Å². The lowest BCUT2D eigenvalue weighted by Gasteiger charge is -2.07. The molecule has 6 heteroatoms. The minimum Gasteiger partial charge on any atom is -0.507 e. The molecule has 0 unspecified atom stereocenters. The van der Waals surface area contributed by atoms with Crippen molar-refractivity contribution in [1.29, 1.82) is 0 Å². The van der Waals surface area contributed by atoms with Crippen molar-refractivity contribution < 1.29 is 19.8 Å². The number of carbonyl (C=O) groups excluding carboxylic acids is 1. The highest BCUT2D eigenvalue weighted by molar-refractivity contribution is 8.00. The maximum Gasteiger partial charge on any atom is 0.339 e. The summed E-state index contributed by atoms with van der Waals surface area (Å²) in [5.41, 5.74) is 0.0902. The van der Waals surface area contributed by atoms with Gasteiger partial charge in [-0.1, -0.05) is 18.2 Å². The average Bonchev–Trinajstić information content (AvgIpc) is 2.48. The van der Waals surface area contributed by atoms with Gasteiger partial charge in [-0.15, -0.1) is 11.8 Å². The van der Waals surface area contributed by atoms with Gasteiger partial charge < -0.3 is 15.5 Å². The van der Waals surface area contributed by atoms with Crippen molar-refractivity contribution in [3.05, 3.63) is 54.1 Å². The molecule has 1 amide bonds. The SMILES string of the molecule is O=C(CSc1ccccc1)Nc1ccc(O)c(C(=O)O)c1. The normalized spacial score (nSPS) is 10.1. The smallest absolute Gasteiger partial charge is 0.339 e. The first kappa shape index (κ1) is 14.9. The molecule has 0 aliphatic rings. The van der Waals surface area contributed by atoms with Crippen molar-refractivity contribution >= 4 is 29.3 Å². The quantitative estimate of drug-likeness (QED) is 0.584. The Balaban J connectivity index is 1.97. The van der Waals surface area contributed by atoms with E-state index in [1.807, 2.05) is 30.3 Å². The van der Waals surface area contributed by atoms with Crippen molar-refractivity contribution in [3.8, 4) is 5.75 Å². The van der Waals surface area contributed by atoms with Crippen LogP contribution in [0.25, 0.3) is 0 Å². The van der Waals surface area contributed by atoms with E-state index in [1.165, 1.54) is 30.0 Å². The van der Waals surface area contributed by atoms with Crippen molar-refractivity contribution in [3.63, 3.8) is 0 Å². The molecule has 0 fully saturated rings. The Bertz CT molecular complexity index is 658. The molecule has 5 nitrogen and oxygen atoms in total. The summed E-state index contributed by atoms with van der Waals surface area (Å²) in [6, 6.07) is 13.4. The summed E-state index contributed by atoms with van der Waals surface area (Å²) in [4.78, 5) is 23.7.